The minimum atomic E-state index is -4.20. The molecule has 1 aliphatic carbocycles. The highest BCUT2D eigenvalue weighted by Gasteiger charge is 2.32. The van der Waals surface area contributed by atoms with Crippen molar-refractivity contribution in [3.05, 3.63) is 0 Å². The SMILES string of the molecule is CCNC(=NCC(NC(=O)OCC)C1CC1)NCCC(F)(F)F. The molecule has 134 valence electrons. The summed E-state index contributed by atoms with van der Waals surface area (Å²) in [6.45, 7) is 4.43. The predicted molar refractivity (Wildman–Crippen MR) is 81.3 cm³/mol. The van der Waals surface area contributed by atoms with E-state index in [4.69, 9.17) is 4.74 Å². The van der Waals surface area contributed by atoms with Crippen LogP contribution in [-0.4, -0.2) is 50.5 Å². The van der Waals surface area contributed by atoms with Crippen molar-refractivity contribution in [1.82, 2.24) is 16.0 Å². The Labute approximate surface area is 134 Å². The standard InChI is InChI=1S/C14H25F3N4O2/c1-3-18-12(19-8-7-14(15,16)17)20-9-11(10-5-6-10)21-13(22)23-4-2/h10-11H,3-9H2,1-2H3,(H,21,22)(H2,18,19,20). The lowest BCUT2D eigenvalue weighted by atomic mass is 10.2. The molecule has 3 N–H and O–H groups in total. The fourth-order valence-electron chi connectivity index (χ4n) is 1.99. The highest BCUT2D eigenvalue weighted by atomic mass is 19.4. The number of rotatable bonds is 8. The minimum Gasteiger partial charge on any atom is -0.450 e. The van der Waals surface area contributed by atoms with Crippen LogP contribution in [0.4, 0.5) is 18.0 Å². The van der Waals surface area contributed by atoms with Crippen LogP contribution in [-0.2, 0) is 4.74 Å². The maximum atomic E-state index is 12.2. The second-order valence-corrected chi connectivity index (χ2v) is 5.32. The van der Waals surface area contributed by atoms with E-state index in [2.05, 4.69) is 20.9 Å². The summed E-state index contributed by atoms with van der Waals surface area (Å²) in [7, 11) is 0. The molecule has 0 aromatic rings. The van der Waals surface area contributed by atoms with Crippen LogP contribution in [0.25, 0.3) is 0 Å². The molecule has 9 heteroatoms. The first-order chi connectivity index (χ1) is 10.9. The summed E-state index contributed by atoms with van der Waals surface area (Å²) < 4.78 is 41.4. The average molecular weight is 338 g/mol. The molecule has 1 amide bonds. The molecule has 1 atom stereocenters. The van der Waals surface area contributed by atoms with E-state index < -0.39 is 18.7 Å². The summed E-state index contributed by atoms with van der Waals surface area (Å²) in [6.07, 6.45) is -3.61. The molecule has 1 unspecified atom stereocenters. The summed E-state index contributed by atoms with van der Waals surface area (Å²) in [4.78, 5) is 15.8. The van der Waals surface area contributed by atoms with Gasteiger partial charge in [-0.05, 0) is 32.6 Å². The largest absolute Gasteiger partial charge is 0.450 e. The molecule has 0 radical (unpaired) electrons. The minimum absolute atomic E-state index is 0.160. The van der Waals surface area contributed by atoms with Gasteiger partial charge >= 0.3 is 12.3 Å². The summed E-state index contributed by atoms with van der Waals surface area (Å²) in [5, 5.41) is 8.29. The number of carbonyl (C=O) groups excluding carboxylic acids is 1. The smallest absolute Gasteiger partial charge is 0.407 e. The summed E-state index contributed by atoms with van der Waals surface area (Å²) in [6, 6.07) is -0.160. The number of halogens is 3. The van der Waals surface area contributed by atoms with Crippen LogP contribution in [0.3, 0.4) is 0 Å². The number of aliphatic imine (C=N–C) groups is 1. The predicted octanol–water partition coefficient (Wildman–Crippen LogP) is 2.02. The number of guanidine groups is 1. The van der Waals surface area contributed by atoms with Gasteiger partial charge in [0.2, 0.25) is 0 Å². The van der Waals surface area contributed by atoms with Gasteiger partial charge in [-0.3, -0.25) is 4.99 Å². The molecule has 1 rings (SSSR count). The summed E-state index contributed by atoms with van der Waals surface area (Å²) in [5.74, 6) is 0.661. The average Bonchev–Trinajstić information content (AvgIpc) is 3.26. The number of amides is 1. The molecule has 0 spiro atoms. The lowest BCUT2D eigenvalue weighted by Crippen LogP contribution is -2.42. The van der Waals surface area contributed by atoms with Crippen LogP contribution in [0, 0.1) is 5.92 Å². The quantitative estimate of drug-likeness (QED) is 0.468. The zero-order valence-electron chi connectivity index (χ0n) is 13.5. The Hall–Kier alpha value is -1.67. The second-order valence-electron chi connectivity index (χ2n) is 5.32. The number of hydrogen-bond acceptors (Lipinski definition) is 3. The van der Waals surface area contributed by atoms with Gasteiger partial charge in [0.15, 0.2) is 5.96 Å². The molecule has 0 aromatic carbocycles. The van der Waals surface area contributed by atoms with Crippen molar-refractivity contribution in [1.29, 1.82) is 0 Å². The van der Waals surface area contributed by atoms with Gasteiger partial charge in [0.05, 0.1) is 25.6 Å². The van der Waals surface area contributed by atoms with E-state index in [1.54, 1.807) is 6.92 Å². The zero-order valence-corrected chi connectivity index (χ0v) is 13.5. The summed E-state index contributed by atoms with van der Waals surface area (Å²) in [5.41, 5.74) is 0. The number of alkyl halides is 3. The van der Waals surface area contributed by atoms with Gasteiger partial charge in [-0.2, -0.15) is 13.2 Å². The molecule has 1 fully saturated rings. The molecular formula is C14H25F3N4O2. The Morgan fingerprint density at radius 1 is 1.30 bits per heavy atom. The normalized spacial score (nSPS) is 16.7. The monoisotopic (exact) mass is 338 g/mol. The number of ether oxygens (including phenoxy) is 1. The van der Waals surface area contributed by atoms with E-state index >= 15 is 0 Å². The maximum absolute atomic E-state index is 12.2. The lowest BCUT2D eigenvalue weighted by Gasteiger charge is -2.17. The van der Waals surface area contributed by atoms with Gasteiger partial charge < -0.3 is 20.7 Å². The van der Waals surface area contributed by atoms with Crippen LogP contribution < -0.4 is 16.0 Å². The third-order valence-corrected chi connectivity index (χ3v) is 3.26. The summed E-state index contributed by atoms with van der Waals surface area (Å²) >= 11 is 0. The topological polar surface area (TPSA) is 74.8 Å². The van der Waals surface area contributed by atoms with E-state index in [1.807, 2.05) is 6.92 Å². The Bertz CT molecular complexity index is 398. The lowest BCUT2D eigenvalue weighted by molar-refractivity contribution is -0.132. The fraction of sp³-hybridized carbons (Fsp3) is 0.857. The highest BCUT2D eigenvalue weighted by molar-refractivity contribution is 5.79. The van der Waals surface area contributed by atoms with E-state index in [0.717, 1.165) is 12.8 Å². The molecule has 1 aliphatic rings. The van der Waals surface area contributed by atoms with E-state index in [0.29, 0.717) is 25.0 Å². The first-order valence-electron chi connectivity index (χ1n) is 7.88. The molecule has 0 saturated heterocycles. The molecule has 0 bridgehead atoms. The van der Waals surface area contributed by atoms with Gasteiger partial charge in [-0.1, -0.05) is 0 Å². The van der Waals surface area contributed by atoms with Crippen LogP contribution in [0.2, 0.25) is 0 Å². The Kier molecular flexibility index (Phi) is 7.97. The van der Waals surface area contributed by atoms with E-state index in [1.165, 1.54) is 0 Å². The maximum Gasteiger partial charge on any atom is 0.407 e. The van der Waals surface area contributed by atoms with Crippen molar-refractivity contribution in [3.8, 4) is 0 Å². The number of hydrogen-bond donors (Lipinski definition) is 3. The fourth-order valence-corrected chi connectivity index (χ4v) is 1.99. The van der Waals surface area contributed by atoms with Crippen LogP contribution in [0.5, 0.6) is 0 Å². The van der Waals surface area contributed by atoms with Crippen molar-refractivity contribution in [2.75, 3.05) is 26.2 Å². The van der Waals surface area contributed by atoms with Gasteiger partial charge in [-0.15, -0.1) is 0 Å². The van der Waals surface area contributed by atoms with Crippen molar-refractivity contribution >= 4 is 12.1 Å². The molecule has 0 aliphatic heterocycles. The zero-order chi connectivity index (χ0) is 17.3. The van der Waals surface area contributed by atoms with E-state index in [9.17, 15) is 18.0 Å². The van der Waals surface area contributed by atoms with Crippen LogP contribution >= 0.6 is 0 Å². The van der Waals surface area contributed by atoms with Crippen molar-refractivity contribution in [3.63, 3.8) is 0 Å². The second kappa shape index (κ2) is 9.46. The van der Waals surface area contributed by atoms with Crippen LogP contribution in [0.1, 0.15) is 33.1 Å². The molecule has 6 nitrogen and oxygen atoms in total. The van der Waals surface area contributed by atoms with Gasteiger partial charge in [0.25, 0.3) is 0 Å². The van der Waals surface area contributed by atoms with Crippen molar-refractivity contribution < 1.29 is 22.7 Å². The molecule has 23 heavy (non-hydrogen) atoms. The first kappa shape index (κ1) is 19.4. The van der Waals surface area contributed by atoms with E-state index in [-0.39, 0.29) is 19.2 Å². The number of nitrogens with one attached hydrogen (secondary N) is 3. The van der Waals surface area contributed by atoms with Crippen molar-refractivity contribution in [2.45, 2.75) is 45.3 Å². The van der Waals surface area contributed by atoms with Crippen LogP contribution in [0.15, 0.2) is 4.99 Å². The van der Waals surface area contributed by atoms with Gasteiger partial charge in [0, 0.05) is 13.1 Å². The first-order valence-corrected chi connectivity index (χ1v) is 7.88. The highest BCUT2D eigenvalue weighted by Crippen LogP contribution is 2.32. The van der Waals surface area contributed by atoms with Gasteiger partial charge in [-0.25, -0.2) is 4.79 Å². The Morgan fingerprint density at radius 2 is 2.00 bits per heavy atom. The Balaban J connectivity index is 2.49. The van der Waals surface area contributed by atoms with Crippen molar-refractivity contribution in [2.24, 2.45) is 10.9 Å². The molecule has 0 aromatic heterocycles. The number of nitrogens with zero attached hydrogens (tertiary/aromatic N) is 1. The molecular weight excluding hydrogens is 313 g/mol. The van der Waals surface area contributed by atoms with Gasteiger partial charge in [0.1, 0.15) is 0 Å². The molecule has 1 saturated carbocycles. The number of carbonyl (C=O) groups is 1. The molecule has 0 heterocycles. The third-order valence-electron chi connectivity index (χ3n) is 3.26. The number of alkyl carbamates (subject to hydrolysis) is 1. The Morgan fingerprint density at radius 3 is 2.52 bits per heavy atom. The third kappa shape index (κ3) is 9.14.